The predicted octanol–water partition coefficient (Wildman–Crippen LogP) is 1.16. The van der Waals surface area contributed by atoms with Gasteiger partial charge in [0.1, 0.15) is 0 Å². The first-order chi connectivity index (χ1) is 6.70. The number of amides is 2. The zero-order valence-electron chi connectivity index (χ0n) is 9.82. The van der Waals surface area contributed by atoms with E-state index in [9.17, 15) is 4.79 Å². The average molecular weight is 236 g/mol. The van der Waals surface area contributed by atoms with Crippen molar-refractivity contribution in [1.82, 2.24) is 15.1 Å². The number of carbonyl (C=O) groups is 1. The molecular weight excluding hydrogens is 214 g/mol. The lowest BCUT2D eigenvalue weighted by atomic mass is 10.2. The Bertz CT molecular complexity index is 191. The highest BCUT2D eigenvalue weighted by Gasteiger charge is 2.25. The number of urea groups is 1. The summed E-state index contributed by atoms with van der Waals surface area (Å²) in [7, 11) is 1.90. The van der Waals surface area contributed by atoms with Crippen LogP contribution in [-0.2, 0) is 0 Å². The summed E-state index contributed by atoms with van der Waals surface area (Å²) in [5.74, 6) is 0. The van der Waals surface area contributed by atoms with Gasteiger partial charge in [0.2, 0.25) is 0 Å². The van der Waals surface area contributed by atoms with Crippen molar-refractivity contribution >= 4 is 18.4 Å². The molecule has 0 aromatic heterocycles. The summed E-state index contributed by atoms with van der Waals surface area (Å²) in [5, 5.41) is 3.27. The molecular formula is C10H22ClN3O. The number of hydrogen-bond acceptors (Lipinski definition) is 2. The molecule has 1 aliphatic rings. The summed E-state index contributed by atoms with van der Waals surface area (Å²) in [6.07, 6.45) is 1.07. The topological polar surface area (TPSA) is 35.6 Å². The third-order valence-electron chi connectivity index (χ3n) is 2.92. The van der Waals surface area contributed by atoms with Gasteiger partial charge in [0.15, 0.2) is 0 Å². The number of nitrogens with zero attached hydrogens (tertiary/aromatic N) is 2. The molecule has 0 aromatic rings. The summed E-state index contributed by atoms with van der Waals surface area (Å²) in [5.41, 5.74) is 0. The SMILES string of the molecule is CCN(CC)C(=O)N(C)[C@H]1CCNC1.Cl. The van der Waals surface area contributed by atoms with Crippen LogP contribution < -0.4 is 5.32 Å². The van der Waals surface area contributed by atoms with E-state index in [-0.39, 0.29) is 18.4 Å². The molecule has 0 bridgehead atoms. The average Bonchev–Trinajstić information content (AvgIpc) is 2.71. The standard InChI is InChI=1S/C10H21N3O.ClH/c1-4-13(5-2)10(14)12(3)9-6-7-11-8-9;/h9,11H,4-8H2,1-3H3;1H/t9-;/m0./s1. The molecule has 0 aromatic carbocycles. The lowest BCUT2D eigenvalue weighted by molar-refractivity contribution is 0.154. The maximum absolute atomic E-state index is 11.9. The Morgan fingerprint density at radius 3 is 2.40 bits per heavy atom. The third kappa shape index (κ3) is 3.54. The number of rotatable bonds is 3. The molecule has 15 heavy (non-hydrogen) atoms. The minimum absolute atomic E-state index is 0. The fourth-order valence-corrected chi connectivity index (χ4v) is 1.84. The molecule has 1 fully saturated rings. The molecule has 4 nitrogen and oxygen atoms in total. The first-order valence-corrected chi connectivity index (χ1v) is 5.43. The van der Waals surface area contributed by atoms with Crippen molar-refractivity contribution in [3.05, 3.63) is 0 Å². The summed E-state index contributed by atoms with van der Waals surface area (Å²) in [4.78, 5) is 15.6. The van der Waals surface area contributed by atoms with Gasteiger partial charge in [-0.1, -0.05) is 0 Å². The number of likely N-dealkylation sites (N-methyl/N-ethyl adjacent to an activating group) is 1. The Kier molecular flexibility index (Phi) is 6.68. The summed E-state index contributed by atoms with van der Waals surface area (Å²) < 4.78 is 0. The molecule has 0 saturated carbocycles. The van der Waals surface area contributed by atoms with Gasteiger partial charge in [-0.05, 0) is 26.8 Å². The van der Waals surface area contributed by atoms with Crippen LogP contribution in [0.2, 0.25) is 0 Å². The molecule has 90 valence electrons. The number of nitrogens with one attached hydrogen (secondary N) is 1. The van der Waals surface area contributed by atoms with E-state index in [1.165, 1.54) is 0 Å². The Balaban J connectivity index is 0.00000196. The summed E-state index contributed by atoms with van der Waals surface area (Å²) in [6.45, 7) is 7.58. The molecule has 1 rings (SSSR count). The molecule has 2 amide bonds. The van der Waals surface area contributed by atoms with Gasteiger partial charge in [0.25, 0.3) is 0 Å². The van der Waals surface area contributed by atoms with Crippen LogP contribution in [0.1, 0.15) is 20.3 Å². The maximum atomic E-state index is 11.9. The highest BCUT2D eigenvalue weighted by molar-refractivity contribution is 5.85. The van der Waals surface area contributed by atoms with Gasteiger partial charge in [-0.15, -0.1) is 12.4 Å². The van der Waals surface area contributed by atoms with Crippen molar-refractivity contribution in [2.24, 2.45) is 0 Å². The van der Waals surface area contributed by atoms with Crippen LogP contribution in [0.5, 0.6) is 0 Å². The van der Waals surface area contributed by atoms with Crippen LogP contribution >= 0.6 is 12.4 Å². The molecule has 0 aliphatic carbocycles. The van der Waals surface area contributed by atoms with Crippen molar-refractivity contribution < 1.29 is 4.79 Å². The van der Waals surface area contributed by atoms with Gasteiger partial charge in [0, 0.05) is 32.7 Å². The van der Waals surface area contributed by atoms with Crippen LogP contribution in [0, 0.1) is 0 Å². The first kappa shape index (κ1) is 14.5. The van der Waals surface area contributed by atoms with Crippen LogP contribution in [0.15, 0.2) is 0 Å². The quantitative estimate of drug-likeness (QED) is 0.797. The van der Waals surface area contributed by atoms with Gasteiger partial charge in [-0.2, -0.15) is 0 Å². The monoisotopic (exact) mass is 235 g/mol. The van der Waals surface area contributed by atoms with E-state index in [4.69, 9.17) is 0 Å². The van der Waals surface area contributed by atoms with Gasteiger partial charge in [0.05, 0.1) is 0 Å². The van der Waals surface area contributed by atoms with Gasteiger partial charge >= 0.3 is 6.03 Å². The number of halogens is 1. The molecule has 0 unspecified atom stereocenters. The maximum Gasteiger partial charge on any atom is 0.320 e. The smallest absolute Gasteiger partial charge is 0.320 e. The van der Waals surface area contributed by atoms with Crippen LogP contribution in [0.4, 0.5) is 4.79 Å². The van der Waals surface area contributed by atoms with Crippen LogP contribution in [0.3, 0.4) is 0 Å². The van der Waals surface area contributed by atoms with E-state index in [1.807, 2.05) is 30.7 Å². The van der Waals surface area contributed by atoms with E-state index in [0.717, 1.165) is 32.6 Å². The second-order valence-electron chi connectivity index (χ2n) is 3.71. The van der Waals surface area contributed by atoms with Crippen molar-refractivity contribution in [1.29, 1.82) is 0 Å². The largest absolute Gasteiger partial charge is 0.325 e. The molecule has 0 spiro atoms. The molecule has 1 heterocycles. The molecule has 1 N–H and O–H groups in total. The predicted molar refractivity (Wildman–Crippen MR) is 64.6 cm³/mol. The van der Waals surface area contributed by atoms with Gasteiger partial charge in [-0.25, -0.2) is 4.79 Å². The molecule has 0 radical (unpaired) electrons. The zero-order chi connectivity index (χ0) is 10.6. The van der Waals surface area contributed by atoms with Gasteiger partial charge < -0.3 is 15.1 Å². The Hall–Kier alpha value is -0.480. The molecule has 1 atom stereocenters. The van der Waals surface area contributed by atoms with Gasteiger partial charge in [-0.3, -0.25) is 0 Å². The van der Waals surface area contributed by atoms with E-state index >= 15 is 0 Å². The summed E-state index contributed by atoms with van der Waals surface area (Å²) in [6, 6.07) is 0.534. The van der Waals surface area contributed by atoms with Crippen molar-refractivity contribution in [3.8, 4) is 0 Å². The van der Waals surface area contributed by atoms with Crippen molar-refractivity contribution in [2.45, 2.75) is 26.3 Å². The normalized spacial score (nSPS) is 19.5. The lowest BCUT2D eigenvalue weighted by Gasteiger charge is -2.30. The van der Waals surface area contributed by atoms with Crippen LogP contribution in [0.25, 0.3) is 0 Å². The number of carbonyl (C=O) groups excluding carboxylic acids is 1. The minimum Gasteiger partial charge on any atom is -0.325 e. The first-order valence-electron chi connectivity index (χ1n) is 5.43. The minimum atomic E-state index is 0. The molecule has 1 saturated heterocycles. The molecule has 5 heteroatoms. The second kappa shape index (κ2) is 6.90. The highest BCUT2D eigenvalue weighted by atomic mass is 35.5. The lowest BCUT2D eigenvalue weighted by Crippen LogP contribution is -2.46. The van der Waals surface area contributed by atoms with Crippen molar-refractivity contribution in [2.75, 3.05) is 33.2 Å². The zero-order valence-corrected chi connectivity index (χ0v) is 10.6. The highest BCUT2D eigenvalue weighted by Crippen LogP contribution is 2.08. The Morgan fingerprint density at radius 1 is 1.40 bits per heavy atom. The Morgan fingerprint density at radius 2 is 2.00 bits per heavy atom. The Labute approximate surface area is 98.4 Å². The van der Waals surface area contributed by atoms with Crippen molar-refractivity contribution in [3.63, 3.8) is 0 Å². The fourth-order valence-electron chi connectivity index (χ4n) is 1.84. The van der Waals surface area contributed by atoms with Crippen LogP contribution in [-0.4, -0.2) is 55.1 Å². The van der Waals surface area contributed by atoms with E-state index < -0.39 is 0 Å². The van der Waals surface area contributed by atoms with E-state index in [0.29, 0.717) is 6.04 Å². The molecule has 1 aliphatic heterocycles. The fraction of sp³-hybridized carbons (Fsp3) is 0.900. The second-order valence-corrected chi connectivity index (χ2v) is 3.71. The van der Waals surface area contributed by atoms with E-state index in [1.54, 1.807) is 0 Å². The van der Waals surface area contributed by atoms with E-state index in [2.05, 4.69) is 5.32 Å². The summed E-state index contributed by atoms with van der Waals surface area (Å²) >= 11 is 0. The third-order valence-corrected chi connectivity index (χ3v) is 2.92. The number of hydrogen-bond donors (Lipinski definition) is 1.